The van der Waals surface area contributed by atoms with Crippen LogP contribution >= 0.6 is 0 Å². The van der Waals surface area contributed by atoms with Crippen LogP contribution in [0, 0.1) is 0 Å². The van der Waals surface area contributed by atoms with Gasteiger partial charge in [-0.25, -0.2) is 0 Å². The Kier molecular flexibility index (Phi) is 3.52. The number of hydrogen-bond acceptors (Lipinski definition) is 3. The molecule has 1 aromatic heterocycles. The Balaban J connectivity index is 2.09. The summed E-state index contributed by atoms with van der Waals surface area (Å²) in [5.41, 5.74) is 1.24. The van der Waals surface area contributed by atoms with Gasteiger partial charge in [0.25, 0.3) is 5.91 Å². The second-order valence-electron chi connectivity index (χ2n) is 3.59. The number of rotatable bonds is 4. The number of nitrogens with zero attached hydrogens (tertiary/aromatic N) is 1. The Morgan fingerprint density at radius 3 is 2.71 bits per heavy atom. The third-order valence-electron chi connectivity index (χ3n) is 2.44. The first kappa shape index (κ1) is 11.3. The number of aliphatic hydroxyl groups excluding tert-OH is 1. The normalized spacial score (nSPS) is 12.1. The van der Waals surface area contributed by atoms with Crippen LogP contribution in [0.4, 0.5) is 0 Å². The number of aliphatic hydroxyl groups is 1. The van der Waals surface area contributed by atoms with Crippen LogP contribution in [0.1, 0.15) is 22.1 Å². The maximum atomic E-state index is 11.8. The lowest BCUT2D eigenvalue weighted by molar-refractivity contribution is 0.0911. The highest BCUT2D eigenvalue weighted by Crippen LogP contribution is 2.12. The fourth-order valence-corrected chi connectivity index (χ4v) is 1.54. The van der Waals surface area contributed by atoms with E-state index < -0.39 is 6.04 Å². The Labute approximate surface area is 98.5 Å². The van der Waals surface area contributed by atoms with Crippen LogP contribution in [0.3, 0.4) is 0 Å². The highest BCUT2D eigenvalue weighted by atomic mass is 16.3. The average molecular weight is 231 g/mol. The largest absolute Gasteiger partial charge is 0.394 e. The zero-order chi connectivity index (χ0) is 12.1. The molecule has 5 nitrogen and oxygen atoms in total. The van der Waals surface area contributed by atoms with E-state index in [0.717, 1.165) is 5.56 Å². The number of carbonyl (C=O) groups is 1. The topological polar surface area (TPSA) is 78.0 Å². The van der Waals surface area contributed by atoms with Gasteiger partial charge >= 0.3 is 0 Å². The number of aromatic nitrogens is 2. The first-order valence-electron chi connectivity index (χ1n) is 5.27. The molecule has 0 unspecified atom stereocenters. The summed E-state index contributed by atoms with van der Waals surface area (Å²) in [5.74, 6) is -0.287. The minimum atomic E-state index is -0.410. The van der Waals surface area contributed by atoms with Crippen molar-refractivity contribution in [2.45, 2.75) is 6.04 Å². The van der Waals surface area contributed by atoms with Gasteiger partial charge in [-0.2, -0.15) is 5.10 Å². The van der Waals surface area contributed by atoms with E-state index in [0.29, 0.717) is 5.69 Å². The maximum Gasteiger partial charge on any atom is 0.269 e. The summed E-state index contributed by atoms with van der Waals surface area (Å²) in [7, 11) is 0. The van der Waals surface area contributed by atoms with Gasteiger partial charge in [-0.3, -0.25) is 9.89 Å². The minimum absolute atomic E-state index is 0.149. The van der Waals surface area contributed by atoms with Crippen molar-refractivity contribution in [1.29, 1.82) is 0 Å². The van der Waals surface area contributed by atoms with E-state index in [9.17, 15) is 9.90 Å². The quantitative estimate of drug-likeness (QED) is 0.730. The highest BCUT2D eigenvalue weighted by molar-refractivity contribution is 5.92. The maximum absolute atomic E-state index is 11.8. The zero-order valence-electron chi connectivity index (χ0n) is 9.13. The van der Waals surface area contributed by atoms with E-state index in [-0.39, 0.29) is 12.5 Å². The lowest BCUT2D eigenvalue weighted by Crippen LogP contribution is -2.31. The summed E-state index contributed by atoms with van der Waals surface area (Å²) in [6, 6.07) is 10.5. The van der Waals surface area contributed by atoms with Crippen LogP contribution in [0.2, 0.25) is 0 Å². The molecule has 1 heterocycles. The molecule has 0 saturated carbocycles. The molecule has 1 amide bonds. The second kappa shape index (κ2) is 5.27. The third kappa shape index (κ3) is 2.70. The number of amides is 1. The number of carbonyl (C=O) groups excluding carboxylic acids is 1. The number of hydrogen-bond donors (Lipinski definition) is 3. The molecule has 0 aliphatic carbocycles. The molecular weight excluding hydrogens is 218 g/mol. The van der Waals surface area contributed by atoms with Crippen LogP contribution in [0.15, 0.2) is 42.6 Å². The smallest absolute Gasteiger partial charge is 0.269 e. The molecule has 88 valence electrons. The molecule has 0 spiro atoms. The lowest BCUT2D eigenvalue weighted by atomic mass is 10.1. The van der Waals surface area contributed by atoms with Crippen LogP contribution in [0.5, 0.6) is 0 Å². The van der Waals surface area contributed by atoms with Crippen LogP contribution in [-0.4, -0.2) is 27.8 Å². The van der Waals surface area contributed by atoms with Crippen LogP contribution in [-0.2, 0) is 0 Å². The van der Waals surface area contributed by atoms with Gasteiger partial charge in [0.2, 0.25) is 0 Å². The molecule has 0 fully saturated rings. The second-order valence-corrected chi connectivity index (χ2v) is 3.59. The molecule has 2 rings (SSSR count). The molecular formula is C12H13N3O2. The van der Waals surface area contributed by atoms with Gasteiger partial charge in [-0.15, -0.1) is 0 Å². The number of benzene rings is 1. The standard InChI is InChI=1S/C12H13N3O2/c16-8-11(9-4-2-1-3-5-9)14-12(17)10-6-7-13-15-10/h1-7,11,16H,8H2,(H,13,15)(H,14,17)/t11-/m1/s1. The number of aromatic amines is 1. The van der Waals surface area contributed by atoms with Gasteiger partial charge in [0, 0.05) is 6.20 Å². The van der Waals surface area contributed by atoms with Gasteiger partial charge in [0.15, 0.2) is 0 Å². The molecule has 0 saturated heterocycles. The van der Waals surface area contributed by atoms with Crippen molar-refractivity contribution in [3.05, 3.63) is 53.9 Å². The number of nitrogens with one attached hydrogen (secondary N) is 2. The third-order valence-corrected chi connectivity index (χ3v) is 2.44. The first-order valence-corrected chi connectivity index (χ1v) is 5.27. The monoisotopic (exact) mass is 231 g/mol. The Hall–Kier alpha value is -2.14. The summed E-state index contributed by atoms with van der Waals surface area (Å²) in [6.45, 7) is -0.149. The molecule has 2 aromatic rings. The average Bonchev–Trinajstić information content (AvgIpc) is 2.90. The predicted octanol–water partition coefficient (Wildman–Crippen LogP) is 0.873. The number of H-pyrrole nitrogens is 1. The van der Waals surface area contributed by atoms with Crippen LogP contribution in [0.25, 0.3) is 0 Å². The van der Waals surface area contributed by atoms with E-state index in [1.165, 1.54) is 6.20 Å². The molecule has 3 N–H and O–H groups in total. The molecule has 1 aromatic carbocycles. The Morgan fingerprint density at radius 1 is 1.35 bits per heavy atom. The van der Waals surface area contributed by atoms with E-state index >= 15 is 0 Å². The van der Waals surface area contributed by atoms with Crippen molar-refractivity contribution in [2.75, 3.05) is 6.61 Å². The molecule has 0 radical (unpaired) electrons. The van der Waals surface area contributed by atoms with E-state index in [2.05, 4.69) is 15.5 Å². The van der Waals surface area contributed by atoms with Crippen molar-refractivity contribution in [3.8, 4) is 0 Å². The van der Waals surface area contributed by atoms with E-state index in [4.69, 9.17) is 0 Å². The summed E-state index contributed by atoms with van der Waals surface area (Å²) >= 11 is 0. The van der Waals surface area contributed by atoms with Crippen molar-refractivity contribution in [1.82, 2.24) is 15.5 Å². The van der Waals surface area contributed by atoms with Gasteiger partial charge < -0.3 is 10.4 Å². The fraction of sp³-hybridized carbons (Fsp3) is 0.167. The van der Waals surface area contributed by atoms with E-state index in [1.54, 1.807) is 6.07 Å². The molecule has 0 bridgehead atoms. The summed E-state index contributed by atoms with van der Waals surface area (Å²) in [6.07, 6.45) is 1.51. The minimum Gasteiger partial charge on any atom is -0.394 e. The summed E-state index contributed by atoms with van der Waals surface area (Å²) in [4.78, 5) is 11.8. The highest BCUT2D eigenvalue weighted by Gasteiger charge is 2.15. The SMILES string of the molecule is O=C(N[C@H](CO)c1ccccc1)c1ccn[nH]1. The molecule has 17 heavy (non-hydrogen) atoms. The van der Waals surface area contributed by atoms with Crippen LogP contribution < -0.4 is 5.32 Å². The van der Waals surface area contributed by atoms with Crippen molar-refractivity contribution < 1.29 is 9.90 Å². The summed E-state index contributed by atoms with van der Waals surface area (Å²) < 4.78 is 0. The first-order chi connectivity index (χ1) is 8.31. The lowest BCUT2D eigenvalue weighted by Gasteiger charge is -2.15. The van der Waals surface area contributed by atoms with Crippen molar-refractivity contribution in [3.63, 3.8) is 0 Å². The van der Waals surface area contributed by atoms with Crippen molar-refractivity contribution >= 4 is 5.91 Å². The van der Waals surface area contributed by atoms with Gasteiger partial charge in [-0.1, -0.05) is 30.3 Å². The van der Waals surface area contributed by atoms with Gasteiger partial charge in [0.1, 0.15) is 5.69 Å². The van der Waals surface area contributed by atoms with E-state index in [1.807, 2.05) is 30.3 Å². The zero-order valence-corrected chi connectivity index (χ0v) is 9.13. The molecule has 5 heteroatoms. The Bertz CT molecular complexity index is 468. The Morgan fingerprint density at radius 2 is 2.12 bits per heavy atom. The predicted molar refractivity (Wildman–Crippen MR) is 62.3 cm³/mol. The fourth-order valence-electron chi connectivity index (χ4n) is 1.54. The molecule has 1 atom stereocenters. The molecule has 0 aliphatic rings. The van der Waals surface area contributed by atoms with Gasteiger partial charge in [-0.05, 0) is 11.6 Å². The molecule has 0 aliphatic heterocycles. The van der Waals surface area contributed by atoms with Crippen molar-refractivity contribution in [2.24, 2.45) is 0 Å². The van der Waals surface area contributed by atoms with Gasteiger partial charge in [0.05, 0.1) is 12.6 Å². The summed E-state index contributed by atoms with van der Waals surface area (Å²) in [5, 5.41) is 18.3.